The fourth-order valence-corrected chi connectivity index (χ4v) is 2.72. The molecule has 2 rings (SSSR count). The molecule has 1 nitrogen and oxygen atoms in total. The molecule has 0 aliphatic carbocycles. The molecule has 0 unspecified atom stereocenters. The predicted molar refractivity (Wildman–Crippen MR) is 80.8 cm³/mol. The van der Waals surface area contributed by atoms with Crippen LogP contribution in [0.4, 0.5) is 0 Å². The van der Waals surface area contributed by atoms with Crippen molar-refractivity contribution in [2.24, 2.45) is 0 Å². The molecule has 0 amide bonds. The van der Waals surface area contributed by atoms with Gasteiger partial charge in [0.25, 0.3) is 0 Å². The largest absolute Gasteiger partial charge is 0.494 e. The Kier molecular flexibility index (Phi) is 4.29. The molecule has 0 aromatic heterocycles. The minimum absolute atomic E-state index is 0.689. The lowest BCUT2D eigenvalue weighted by Crippen LogP contribution is -1.90. The van der Waals surface area contributed by atoms with Crippen LogP contribution in [-0.2, 0) is 0 Å². The second kappa shape index (κ2) is 5.74. The molecule has 0 radical (unpaired) electrons. The number of hydrogen-bond acceptors (Lipinski definition) is 1. The van der Waals surface area contributed by atoms with Crippen LogP contribution < -0.4 is 4.74 Å². The van der Waals surface area contributed by atoms with E-state index in [1.165, 1.54) is 0 Å². The summed E-state index contributed by atoms with van der Waals surface area (Å²) in [5.74, 6) is 0.896. The molecule has 0 bridgehead atoms. The van der Waals surface area contributed by atoms with Gasteiger partial charge in [-0.1, -0.05) is 23.7 Å². The summed E-state index contributed by atoms with van der Waals surface area (Å²) in [7, 11) is 0. The van der Waals surface area contributed by atoms with E-state index in [2.05, 4.69) is 28.7 Å². The highest BCUT2D eigenvalue weighted by atomic mass is 127. The summed E-state index contributed by atoms with van der Waals surface area (Å²) in [5, 5.41) is 0.765. The van der Waals surface area contributed by atoms with Crippen LogP contribution in [0.2, 0.25) is 5.02 Å². The first kappa shape index (κ1) is 12.7. The summed E-state index contributed by atoms with van der Waals surface area (Å²) in [6, 6.07) is 14.1. The Balaban J connectivity index is 2.32. The first-order valence-electron chi connectivity index (χ1n) is 5.38. The summed E-state index contributed by atoms with van der Waals surface area (Å²) < 4.78 is 6.55. The molecule has 88 valence electrons. The number of hydrogen-bond donors (Lipinski definition) is 0. The van der Waals surface area contributed by atoms with Gasteiger partial charge in [0.2, 0.25) is 0 Å². The van der Waals surface area contributed by atoms with Crippen LogP contribution in [0.15, 0.2) is 42.5 Å². The maximum atomic E-state index is 6.05. The Morgan fingerprint density at radius 2 is 1.76 bits per heavy atom. The van der Waals surface area contributed by atoms with Gasteiger partial charge in [-0.15, -0.1) is 0 Å². The molecule has 0 N–H and O–H groups in total. The van der Waals surface area contributed by atoms with E-state index in [9.17, 15) is 0 Å². The molecule has 0 saturated heterocycles. The zero-order valence-corrected chi connectivity index (χ0v) is 12.3. The van der Waals surface area contributed by atoms with Gasteiger partial charge in [-0.05, 0) is 71.0 Å². The monoisotopic (exact) mass is 358 g/mol. The third-order valence-electron chi connectivity index (χ3n) is 2.36. The molecule has 2 aromatic carbocycles. The van der Waals surface area contributed by atoms with Crippen molar-refractivity contribution in [3.63, 3.8) is 0 Å². The number of benzene rings is 2. The number of halogens is 2. The average Bonchev–Trinajstić information content (AvgIpc) is 2.29. The standard InChI is InChI=1S/C14H12ClIO/c1-2-17-14-5-3-10(4-6-14)11-7-12(15)9-13(16)8-11/h3-9H,2H2,1H3. The summed E-state index contributed by atoms with van der Waals surface area (Å²) in [6.45, 7) is 2.67. The van der Waals surface area contributed by atoms with Crippen molar-refractivity contribution in [1.82, 2.24) is 0 Å². The van der Waals surface area contributed by atoms with Gasteiger partial charge in [-0.2, -0.15) is 0 Å². The molecule has 0 aliphatic heterocycles. The van der Waals surface area contributed by atoms with Crippen molar-refractivity contribution in [1.29, 1.82) is 0 Å². The third kappa shape index (κ3) is 3.36. The Labute approximate surface area is 120 Å². The molecule has 0 heterocycles. The quantitative estimate of drug-likeness (QED) is 0.701. The zero-order valence-electron chi connectivity index (χ0n) is 9.41. The molecule has 0 fully saturated rings. The molecule has 0 spiro atoms. The number of rotatable bonds is 3. The van der Waals surface area contributed by atoms with E-state index >= 15 is 0 Å². The van der Waals surface area contributed by atoms with Crippen LogP contribution in [0.1, 0.15) is 6.92 Å². The summed E-state index contributed by atoms with van der Waals surface area (Å²) in [4.78, 5) is 0. The molecule has 0 atom stereocenters. The Bertz CT molecular complexity index is 488. The maximum Gasteiger partial charge on any atom is 0.119 e. The fourth-order valence-electron chi connectivity index (χ4n) is 1.63. The second-order valence-corrected chi connectivity index (χ2v) is 5.30. The molecule has 0 saturated carbocycles. The zero-order chi connectivity index (χ0) is 12.3. The van der Waals surface area contributed by atoms with Crippen LogP contribution in [0.5, 0.6) is 5.75 Å². The van der Waals surface area contributed by atoms with Gasteiger partial charge in [-0.25, -0.2) is 0 Å². The van der Waals surface area contributed by atoms with Crippen LogP contribution in [-0.4, -0.2) is 6.61 Å². The van der Waals surface area contributed by atoms with Crippen LogP contribution in [0.3, 0.4) is 0 Å². The highest BCUT2D eigenvalue weighted by molar-refractivity contribution is 14.1. The normalized spacial score (nSPS) is 10.3. The van der Waals surface area contributed by atoms with E-state index in [1.807, 2.05) is 43.3 Å². The molecule has 17 heavy (non-hydrogen) atoms. The molecule has 3 heteroatoms. The first-order valence-corrected chi connectivity index (χ1v) is 6.84. The maximum absolute atomic E-state index is 6.05. The van der Waals surface area contributed by atoms with E-state index in [4.69, 9.17) is 16.3 Å². The molecular formula is C14H12ClIO. The van der Waals surface area contributed by atoms with Gasteiger partial charge in [0.15, 0.2) is 0 Å². The van der Waals surface area contributed by atoms with Gasteiger partial charge in [-0.3, -0.25) is 0 Å². The van der Waals surface area contributed by atoms with Crippen molar-refractivity contribution < 1.29 is 4.74 Å². The van der Waals surface area contributed by atoms with Gasteiger partial charge < -0.3 is 4.74 Å². The predicted octanol–water partition coefficient (Wildman–Crippen LogP) is 5.01. The molecule has 0 aliphatic rings. The van der Waals surface area contributed by atoms with Gasteiger partial charge in [0, 0.05) is 8.59 Å². The Morgan fingerprint density at radius 3 is 2.35 bits per heavy atom. The summed E-state index contributed by atoms with van der Waals surface area (Å²) >= 11 is 8.32. The van der Waals surface area contributed by atoms with Crippen molar-refractivity contribution in [2.45, 2.75) is 6.92 Å². The Morgan fingerprint density at radius 1 is 1.06 bits per heavy atom. The Hall–Kier alpha value is -0.740. The topological polar surface area (TPSA) is 9.23 Å². The van der Waals surface area contributed by atoms with Crippen molar-refractivity contribution >= 4 is 34.2 Å². The minimum atomic E-state index is 0.689. The highest BCUT2D eigenvalue weighted by Crippen LogP contribution is 2.27. The third-order valence-corrected chi connectivity index (χ3v) is 3.20. The molecular weight excluding hydrogens is 347 g/mol. The molecule has 2 aromatic rings. The van der Waals surface area contributed by atoms with E-state index in [0.717, 1.165) is 25.5 Å². The lowest BCUT2D eigenvalue weighted by atomic mass is 10.1. The number of ether oxygens (including phenoxy) is 1. The smallest absolute Gasteiger partial charge is 0.119 e. The second-order valence-electron chi connectivity index (χ2n) is 3.62. The SMILES string of the molecule is CCOc1ccc(-c2cc(Cl)cc(I)c2)cc1. The lowest BCUT2D eigenvalue weighted by molar-refractivity contribution is 0.340. The lowest BCUT2D eigenvalue weighted by Gasteiger charge is -2.06. The van der Waals surface area contributed by atoms with E-state index in [-0.39, 0.29) is 0 Å². The van der Waals surface area contributed by atoms with Crippen LogP contribution >= 0.6 is 34.2 Å². The van der Waals surface area contributed by atoms with E-state index < -0.39 is 0 Å². The van der Waals surface area contributed by atoms with Crippen LogP contribution in [0, 0.1) is 3.57 Å². The minimum Gasteiger partial charge on any atom is -0.494 e. The van der Waals surface area contributed by atoms with Crippen molar-refractivity contribution in [3.05, 3.63) is 51.1 Å². The van der Waals surface area contributed by atoms with E-state index in [1.54, 1.807) is 0 Å². The first-order chi connectivity index (χ1) is 8.19. The highest BCUT2D eigenvalue weighted by Gasteiger charge is 2.01. The average molecular weight is 359 g/mol. The summed E-state index contributed by atoms with van der Waals surface area (Å²) in [6.07, 6.45) is 0. The van der Waals surface area contributed by atoms with Gasteiger partial charge in [0.1, 0.15) is 5.75 Å². The fraction of sp³-hybridized carbons (Fsp3) is 0.143. The van der Waals surface area contributed by atoms with Crippen molar-refractivity contribution in [3.8, 4) is 16.9 Å². The van der Waals surface area contributed by atoms with Crippen molar-refractivity contribution in [2.75, 3.05) is 6.61 Å². The van der Waals surface area contributed by atoms with E-state index in [0.29, 0.717) is 6.61 Å². The van der Waals surface area contributed by atoms with Crippen LogP contribution in [0.25, 0.3) is 11.1 Å². The summed E-state index contributed by atoms with van der Waals surface area (Å²) in [5.41, 5.74) is 2.28. The van der Waals surface area contributed by atoms with Gasteiger partial charge >= 0.3 is 0 Å². The van der Waals surface area contributed by atoms with Gasteiger partial charge in [0.05, 0.1) is 6.61 Å².